The number of rotatable bonds is 7. The highest BCUT2D eigenvalue weighted by atomic mass is 79.9. The monoisotopic (exact) mass is 475 g/mol. The Hall–Kier alpha value is -2.58. The van der Waals surface area contributed by atoms with E-state index in [9.17, 15) is 0 Å². The summed E-state index contributed by atoms with van der Waals surface area (Å²) < 4.78 is 19.2. The number of halogens is 1. The number of hydrogen-bond donors (Lipinski definition) is 0. The summed E-state index contributed by atoms with van der Waals surface area (Å²) in [6, 6.07) is 11.7. The summed E-state index contributed by atoms with van der Waals surface area (Å²) in [7, 11) is 4.81. The number of methoxy groups -OCH3 is 3. The molecule has 152 valence electrons. The second-order valence-electron chi connectivity index (χ2n) is 5.89. The highest BCUT2D eigenvalue weighted by Gasteiger charge is 2.13. The zero-order valence-electron chi connectivity index (χ0n) is 16.7. The van der Waals surface area contributed by atoms with Crippen molar-refractivity contribution < 1.29 is 14.2 Å². The van der Waals surface area contributed by atoms with E-state index >= 15 is 0 Å². The summed E-state index contributed by atoms with van der Waals surface area (Å²) in [5.74, 6) is 1.87. The van der Waals surface area contributed by atoms with Gasteiger partial charge in [0.05, 0.1) is 38.8 Å². The lowest BCUT2D eigenvalue weighted by atomic mass is 10.1. The van der Waals surface area contributed by atoms with Crippen LogP contribution in [0, 0.1) is 0 Å². The Morgan fingerprint density at radius 1 is 1.03 bits per heavy atom. The number of nitrogens with zero attached hydrogens (tertiary/aromatic N) is 3. The molecule has 0 aliphatic carbocycles. The molecule has 0 amide bonds. The maximum Gasteiger partial charge on any atom is 0.206 e. The normalized spacial score (nSPS) is 11.8. The molecule has 0 radical (unpaired) electrons. The van der Waals surface area contributed by atoms with Crippen LogP contribution in [0.25, 0.3) is 11.3 Å². The molecule has 8 heteroatoms. The topological polar surface area (TPSA) is 57.3 Å². The van der Waals surface area contributed by atoms with Crippen LogP contribution < -0.4 is 19.0 Å². The van der Waals surface area contributed by atoms with E-state index in [-0.39, 0.29) is 0 Å². The fraction of sp³-hybridized carbons (Fsp3) is 0.238. The van der Waals surface area contributed by atoms with Crippen LogP contribution in [0.1, 0.15) is 12.5 Å². The summed E-state index contributed by atoms with van der Waals surface area (Å²) in [6.07, 6.45) is 1.72. The lowest BCUT2D eigenvalue weighted by Gasteiger charge is -2.12. The third kappa shape index (κ3) is 4.71. The van der Waals surface area contributed by atoms with Crippen molar-refractivity contribution in [1.82, 2.24) is 4.68 Å². The van der Waals surface area contributed by atoms with Crippen molar-refractivity contribution in [3.63, 3.8) is 0 Å². The molecule has 2 aromatic carbocycles. The molecule has 0 saturated heterocycles. The van der Waals surface area contributed by atoms with Crippen molar-refractivity contribution >= 4 is 33.5 Å². The molecule has 1 heterocycles. The van der Waals surface area contributed by atoms with E-state index in [1.54, 1.807) is 51.0 Å². The van der Waals surface area contributed by atoms with Gasteiger partial charge >= 0.3 is 0 Å². The summed E-state index contributed by atoms with van der Waals surface area (Å²) in [5.41, 5.74) is 2.73. The molecule has 3 rings (SSSR count). The number of hydrogen-bond acceptors (Lipinski definition) is 6. The fourth-order valence-electron chi connectivity index (χ4n) is 2.75. The number of benzene rings is 2. The molecule has 0 unspecified atom stereocenters. The predicted octanol–water partition coefficient (Wildman–Crippen LogP) is 4.81. The zero-order valence-corrected chi connectivity index (χ0v) is 19.1. The predicted molar refractivity (Wildman–Crippen MR) is 121 cm³/mol. The van der Waals surface area contributed by atoms with E-state index in [0.29, 0.717) is 23.8 Å². The van der Waals surface area contributed by atoms with Gasteiger partial charge in [-0.1, -0.05) is 28.1 Å². The molecule has 0 aliphatic rings. The van der Waals surface area contributed by atoms with E-state index in [2.05, 4.69) is 26.3 Å². The Kier molecular flexibility index (Phi) is 7.11. The van der Waals surface area contributed by atoms with Gasteiger partial charge in [0, 0.05) is 34.1 Å². The van der Waals surface area contributed by atoms with Gasteiger partial charge in [-0.25, -0.2) is 4.68 Å². The van der Waals surface area contributed by atoms with Crippen LogP contribution in [-0.2, 0) is 0 Å². The van der Waals surface area contributed by atoms with E-state index in [4.69, 9.17) is 19.3 Å². The molecule has 6 nitrogen and oxygen atoms in total. The fourth-order valence-corrected chi connectivity index (χ4v) is 3.92. The molecular weight excluding hydrogens is 454 g/mol. The SMILES string of the molecule is CCN=c1scc(-c2ccc(Br)cc2)n1N=Cc1c(OC)cc(OC)cc1OC. The lowest BCUT2D eigenvalue weighted by Crippen LogP contribution is -2.12. The minimum Gasteiger partial charge on any atom is -0.496 e. The van der Waals surface area contributed by atoms with E-state index in [0.717, 1.165) is 26.1 Å². The Labute approximate surface area is 182 Å². The van der Waals surface area contributed by atoms with Crippen molar-refractivity contribution in [3.8, 4) is 28.5 Å². The van der Waals surface area contributed by atoms with Gasteiger partial charge in [0.1, 0.15) is 17.2 Å². The molecule has 1 aromatic heterocycles. The van der Waals surface area contributed by atoms with Crippen LogP contribution >= 0.6 is 27.3 Å². The lowest BCUT2D eigenvalue weighted by molar-refractivity contribution is 0.374. The average Bonchev–Trinajstić information content (AvgIpc) is 3.14. The molecule has 0 aliphatic heterocycles. The first kappa shape index (κ1) is 21.1. The number of aromatic nitrogens is 1. The third-order valence-electron chi connectivity index (χ3n) is 4.17. The first-order valence-corrected chi connectivity index (χ1v) is 10.6. The van der Waals surface area contributed by atoms with Crippen LogP contribution in [0.3, 0.4) is 0 Å². The van der Waals surface area contributed by atoms with Crippen molar-refractivity contribution in [2.75, 3.05) is 27.9 Å². The molecule has 0 atom stereocenters. The Morgan fingerprint density at radius 3 is 2.24 bits per heavy atom. The Bertz CT molecular complexity index is 1050. The van der Waals surface area contributed by atoms with Crippen molar-refractivity contribution in [2.45, 2.75) is 6.92 Å². The van der Waals surface area contributed by atoms with Crippen molar-refractivity contribution in [1.29, 1.82) is 0 Å². The maximum atomic E-state index is 5.52. The molecule has 0 bridgehead atoms. The molecular formula is C21H22BrN3O3S. The summed E-state index contributed by atoms with van der Waals surface area (Å²) in [6.45, 7) is 2.67. The first-order chi connectivity index (χ1) is 14.1. The van der Waals surface area contributed by atoms with Gasteiger partial charge in [0.15, 0.2) is 0 Å². The van der Waals surface area contributed by atoms with Crippen molar-refractivity contribution in [3.05, 3.63) is 56.6 Å². The quantitative estimate of drug-likeness (QED) is 0.460. The maximum absolute atomic E-state index is 5.52. The first-order valence-electron chi connectivity index (χ1n) is 8.92. The van der Waals surface area contributed by atoms with Gasteiger partial charge in [-0.3, -0.25) is 4.99 Å². The number of thiazole rings is 1. The molecule has 0 fully saturated rings. The average molecular weight is 476 g/mol. The second kappa shape index (κ2) is 9.76. The summed E-state index contributed by atoms with van der Waals surface area (Å²) >= 11 is 5.03. The third-order valence-corrected chi connectivity index (χ3v) is 5.56. The Balaban J connectivity index is 2.13. The Morgan fingerprint density at radius 2 is 1.69 bits per heavy atom. The molecule has 0 N–H and O–H groups in total. The zero-order chi connectivity index (χ0) is 20.8. The van der Waals surface area contributed by atoms with Gasteiger partial charge in [-0.05, 0) is 19.1 Å². The van der Waals surface area contributed by atoms with Crippen LogP contribution in [0.15, 0.2) is 56.3 Å². The van der Waals surface area contributed by atoms with Crippen molar-refractivity contribution in [2.24, 2.45) is 10.1 Å². The van der Waals surface area contributed by atoms with E-state index < -0.39 is 0 Å². The number of ether oxygens (including phenoxy) is 3. The smallest absolute Gasteiger partial charge is 0.206 e. The van der Waals surface area contributed by atoms with Gasteiger partial charge in [-0.15, -0.1) is 11.3 Å². The van der Waals surface area contributed by atoms with E-state index in [1.165, 1.54) is 0 Å². The molecule has 0 saturated carbocycles. The van der Waals surface area contributed by atoms with Crippen LogP contribution in [0.5, 0.6) is 17.2 Å². The highest BCUT2D eigenvalue weighted by Crippen LogP contribution is 2.33. The minimum absolute atomic E-state index is 0.611. The highest BCUT2D eigenvalue weighted by molar-refractivity contribution is 9.10. The molecule has 29 heavy (non-hydrogen) atoms. The summed E-state index contributed by atoms with van der Waals surface area (Å²) in [4.78, 5) is 5.38. The standard InChI is InChI=1S/C21H22BrN3O3S/c1-5-23-21-25(18(13-29-21)14-6-8-15(22)9-7-14)24-12-17-19(27-3)10-16(26-2)11-20(17)28-4/h6-13H,5H2,1-4H3. The molecule has 0 spiro atoms. The largest absolute Gasteiger partial charge is 0.496 e. The van der Waals surface area contributed by atoms with E-state index in [1.807, 2.05) is 35.9 Å². The van der Waals surface area contributed by atoms with Gasteiger partial charge < -0.3 is 14.2 Å². The van der Waals surface area contributed by atoms with Gasteiger partial charge in [0.2, 0.25) is 4.80 Å². The minimum atomic E-state index is 0.611. The van der Waals surface area contributed by atoms with Crippen LogP contribution in [0.2, 0.25) is 0 Å². The van der Waals surface area contributed by atoms with Gasteiger partial charge in [0.25, 0.3) is 0 Å². The van der Waals surface area contributed by atoms with Gasteiger partial charge in [-0.2, -0.15) is 5.10 Å². The molecule has 3 aromatic rings. The second-order valence-corrected chi connectivity index (χ2v) is 7.64. The van der Waals surface area contributed by atoms with Crippen LogP contribution in [0.4, 0.5) is 0 Å². The summed E-state index contributed by atoms with van der Waals surface area (Å²) in [5, 5.41) is 6.78. The van der Waals surface area contributed by atoms with Crippen LogP contribution in [-0.4, -0.2) is 38.8 Å².